The highest BCUT2D eigenvalue weighted by atomic mass is 35.6. The molecule has 0 aromatic heterocycles. The summed E-state index contributed by atoms with van der Waals surface area (Å²) in [5.41, 5.74) is 2.29. The second-order valence-corrected chi connectivity index (χ2v) is 8.78. The van der Waals surface area contributed by atoms with Crippen LogP contribution in [0.1, 0.15) is 22.8 Å². The molecule has 144 valence electrons. The van der Waals surface area contributed by atoms with Gasteiger partial charge in [-0.1, -0.05) is 71.5 Å². The van der Waals surface area contributed by atoms with Gasteiger partial charge in [-0.2, -0.15) is 0 Å². The summed E-state index contributed by atoms with van der Waals surface area (Å²) < 4.78 is -1.84. The van der Waals surface area contributed by atoms with E-state index in [4.69, 9.17) is 58.6 Å². The number of aryl methyl sites for hydroxylation is 1. The van der Waals surface area contributed by atoms with Crippen LogP contribution in [0.15, 0.2) is 48.5 Å². The van der Waals surface area contributed by atoms with Crippen molar-refractivity contribution < 1.29 is 4.79 Å². The van der Waals surface area contributed by atoms with Gasteiger partial charge in [-0.25, -0.2) is 0 Å². The topological polar surface area (TPSA) is 53.2 Å². The molecule has 0 bridgehead atoms. The third-order valence-corrected chi connectivity index (χ3v) is 4.76. The number of carbonyl (C=O) groups is 1. The summed E-state index contributed by atoms with van der Waals surface area (Å²) in [5.74, 6) is -0.438. The zero-order chi connectivity index (χ0) is 20.0. The Kier molecular flexibility index (Phi) is 8.01. The molecule has 0 fully saturated rings. The molecule has 2 rings (SSSR count). The zero-order valence-corrected chi connectivity index (χ0v) is 18.1. The summed E-state index contributed by atoms with van der Waals surface area (Å²) in [4.78, 5) is 12.4. The average Bonchev–Trinajstić information content (AvgIpc) is 2.61. The number of amides is 1. The molecule has 2 aromatic carbocycles. The van der Waals surface area contributed by atoms with Crippen LogP contribution in [0, 0.1) is 0 Å². The lowest BCUT2D eigenvalue weighted by molar-refractivity contribution is 0.0934. The van der Waals surface area contributed by atoms with Crippen LogP contribution < -0.4 is 16.0 Å². The standard InChI is InChI=1S/C18H17Cl4N3OS/c1-2-11-5-3-4-6-14(11)23-17(27)25-16(18(20,21)22)24-15(26)12-7-9-13(19)10-8-12/h3-10,16H,2H2,1H3,(H,24,26)(H2,23,25,27). The Morgan fingerprint density at radius 3 is 2.30 bits per heavy atom. The highest BCUT2D eigenvalue weighted by molar-refractivity contribution is 7.80. The second-order valence-electron chi connectivity index (χ2n) is 5.56. The number of thiocarbonyl (C=S) groups is 1. The Hall–Kier alpha value is -1.24. The summed E-state index contributed by atoms with van der Waals surface area (Å²) in [5, 5.41) is 9.24. The SMILES string of the molecule is CCc1ccccc1NC(=S)NC(NC(=O)c1ccc(Cl)cc1)C(Cl)(Cl)Cl. The molecule has 0 saturated carbocycles. The van der Waals surface area contributed by atoms with Crippen molar-refractivity contribution in [2.75, 3.05) is 5.32 Å². The van der Waals surface area contributed by atoms with Crippen molar-refractivity contribution in [3.63, 3.8) is 0 Å². The molecule has 0 radical (unpaired) electrons. The van der Waals surface area contributed by atoms with Gasteiger partial charge in [0, 0.05) is 16.3 Å². The van der Waals surface area contributed by atoms with Crippen LogP contribution in [0.3, 0.4) is 0 Å². The highest BCUT2D eigenvalue weighted by Gasteiger charge is 2.35. The fourth-order valence-corrected chi connectivity index (χ4v) is 2.94. The molecule has 0 spiro atoms. The van der Waals surface area contributed by atoms with Crippen LogP contribution in [-0.4, -0.2) is 21.0 Å². The number of benzene rings is 2. The number of rotatable bonds is 5. The molecule has 1 amide bonds. The molecule has 0 aliphatic rings. The van der Waals surface area contributed by atoms with Crippen LogP contribution in [0.2, 0.25) is 5.02 Å². The summed E-state index contributed by atoms with van der Waals surface area (Å²) in [6, 6.07) is 14.0. The third-order valence-electron chi connectivity index (χ3n) is 3.63. The van der Waals surface area contributed by atoms with Crippen molar-refractivity contribution in [1.82, 2.24) is 10.6 Å². The molecule has 0 heterocycles. The molecule has 0 aliphatic carbocycles. The first-order chi connectivity index (χ1) is 12.7. The van der Waals surface area contributed by atoms with Crippen molar-refractivity contribution in [2.24, 2.45) is 0 Å². The van der Waals surface area contributed by atoms with E-state index in [1.54, 1.807) is 24.3 Å². The zero-order valence-electron chi connectivity index (χ0n) is 14.2. The number of anilines is 1. The first kappa shape index (κ1) is 22.1. The van der Waals surface area contributed by atoms with Crippen molar-refractivity contribution in [1.29, 1.82) is 0 Å². The van der Waals surface area contributed by atoms with E-state index >= 15 is 0 Å². The fraction of sp³-hybridized carbons (Fsp3) is 0.222. The molecule has 4 nitrogen and oxygen atoms in total. The number of alkyl halides is 3. The minimum atomic E-state index is -1.84. The first-order valence-corrected chi connectivity index (χ1v) is 9.91. The van der Waals surface area contributed by atoms with Gasteiger partial charge in [-0.15, -0.1) is 0 Å². The van der Waals surface area contributed by atoms with E-state index in [1.807, 2.05) is 31.2 Å². The highest BCUT2D eigenvalue weighted by Crippen LogP contribution is 2.29. The lowest BCUT2D eigenvalue weighted by Gasteiger charge is -2.28. The normalized spacial score (nSPS) is 12.2. The van der Waals surface area contributed by atoms with Crippen molar-refractivity contribution in [2.45, 2.75) is 23.3 Å². The number of para-hydroxylation sites is 1. The molecule has 1 atom stereocenters. The largest absolute Gasteiger partial charge is 0.339 e. The second kappa shape index (κ2) is 9.80. The number of nitrogens with one attached hydrogen (secondary N) is 3. The fourth-order valence-electron chi connectivity index (χ4n) is 2.26. The smallest absolute Gasteiger partial charge is 0.252 e. The number of hydrogen-bond acceptors (Lipinski definition) is 2. The van der Waals surface area contributed by atoms with E-state index in [1.165, 1.54) is 0 Å². The van der Waals surface area contributed by atoms with Gasteiger partial charge in [0.15, 0.2) is 5.11 Å². The Morgan fingerprint density at radius 1 is 1.07 bits per heavy atom. The van der Waals surface area contributed by atoms with E-state index in [-0.39, 0.29) is 5.11 Å². The number of hydrogen-bond donors (Lipinski definition) is 3. The van der Waals surface area contributed by atoms with Gasteiger partial charge in [0.1, 0.15) is 6.17 Å². The van der Waals surface area contributed by atoms with Crippen molar-refractivity contribution >= 4 is 75.3 Å². The average molecular weight is 465 g/mol. The van der Waals surface area contributed by atoms with Gasteiger partial charge in [0.05, 0.1) is 0 Å². The van der Waals surface area contributed by atoms with E-state index in [9.17, 15) is 4.79 Å². The van der Waals surface area contributed by atoms with Crippen LogP contribution in [0.4, 0.5) is 5.69 Å². The molecular formula is C18H17Cl4N3OS. The van der Waals surface area contributed by atoms with Crippen LogP contribution in [-0.2, 0) is 6.42 Å². The molecule has 0 saturated heterocycles. The van der Waals surface area contributed by atoms with E-state index in [0.717, 1.165) is 17.7 Å². The molecular weight excluding hydrogens is 448 g/mol. The first-order valence-electron chi connectivity index (χ1n) is 7.99. The maximum absolute atomic E-state index is 12.4. The Balaban J connectivity index is 2.09. The summed E-state index contributed by atoms with van der Waals surface area (Å²) >= 11 is 29.2. The van der Waals surface area contributed by atoms with Crippen LogP contribution in [0.25, 0.3) is 0 Å². The van der Waals surface area contributed by atoms with Crippen molar-refractivity contribution in [3.8, 4) is 0 Å². The van der Waals surface area contributed by atoms with E-state index < -0.39 is 15.9 Å². The summed E-state index contributed by atoms with van der Waals surface area (Å²) in [6.45, 7) is 2.04. The molecule has 9 heteroatoms. The van der Waals surface area contributed by atoms with Gasteiger partial charge >= 0.3 is 0 Å². The quantitative estimate of drug-likeness (QED) is 0.318. The number of halogens is 4. The van der Waals surface area contributed by atoms with Crippen LogP contribution >= 0.6 is 58.6 Å². The predicted molar refractivity (Wildman–Crippen MR) is 118 cm³/mol. The van der Waals surface area contributed by atoms with Gasteiger partial charge in [0.25, 0.3) is 5.91 Å². The Bertz CT molecular complexity index is 809. The summed E-state index contributed by atoms with van der Waals surface area (Å²) in [6.07, 6.45) is -0.230. The molecule has 1 unspecified atom stereocenters. The number of carbonyl (C=O) groups excluding carboxylic acids is 1. The van der Waals surface area contributed by atoms with E-state index in [2.05, 4.69) is 16.0 Å². The lowest BCUT2D eigenvalue weighted by Crippen LogP contribution is -2.56. The molecule has 27 heavy (non-hydrogen) atoms. The maximum Gasteiger partial charge on any atom is 0.252 e. The molecule has 0 aliphatic heterocycles. The van der Waals surface area contributed by atoms with E-state index in [0.29, 0.717) is 10.6 Å². The third kappa shape index (κ3) is 6.70. The predicted octanol–water partition coefficient (Wildman–Crippen LogP) is 5.32. The lowest BCUT2D eigenvalue weighted by atomic mass is 10.1. The molecule has 3 N–H and O–H groups in total. The minimum Gasteiger partial charge on any atom is -0.339 e. The monoisotopic (exact) mass is 463 g/mol. The van der Waals surface area contributed by atoms with Crippen molar-refractivity contribution in [3.05, 3.63) is 64.7 Å². The van der Waals surface area contributed by atoms with Gasteiger partial charge in [0.2, 0.25) is 3.79 Å². The summed E-state index contributed by atoms with van der Waals surface area (Å²) in [7, 11) is 0. The van der Waals surface area contributed by atoms with Gasteiger partial charge in [-0.05, 0) is 54.5 Å². The maximum atomic E-state index is 12.4. The Labute approximate surface area is 183 Å². The Morgan fingerprint density at radius 2 is 1.70 bits per heavy atom. The minimum absolute atomic E-state index is 0.212. The van der Waals surface area contributed by atoms with Crippen LogP contribution in [0.5, 0.6) is 0 Å². The van der Waals surface area contributed by atoms with Gasteiger partial charge in [-0.3, -0.25) is 4.79 Å². The molecule has 2 aromatic rings. The van der Waals surface area contributed by atoms with Gasteiger partial charge < -0.3 is 16.0 Å².